The van der Waals surface area contributed by atoms with Crippen LogP contribution in [-0.2, 0) is 4.74 Å². The van der Waals surface area contributed by atoms with Crippen molar-refractivity contribution >= 4 is 22.1 Å². The fraction of sp³-hybridized carbons (Fsp3) is 0.650. The molecular formula is C20H36BrNO2. The Morgan fingerprint density at radius 2 is 1.67 bits per heavy atom. The lowest BCUT2D eigenvalue weighted by Gasteiger charge is -2.14. The Balaban J connectivity index is 0. The zero-order valence-electron chi connectivity index (χ0n) is 16.9. The molecule has 0 aliphatic rings. The van der Waals surface area contributed by atoms with Crippen molar-refractivity contribution in [3.63, 3.8) is 0 Å². The van der Waals surface area contributed by atoms with Crippen molar-refractivity contribution in [2.24, 2.45) is 10.9 Å². The van der Waals surface area contributed by atoms with Gasteiger partial charge in [0.25, 0.3) is 0 Å². The number of halogens is 1. The van der Waals surface area contributed by atoms with Gasteiger partial charge in [0.1, 0.15) is 12.4 Å². The first-order valence-corrected chi connectivity index (χ1v) is 9.70. The zero-order valence-corrected chi connectivity index (χ0v) is 18.5. The van der Waals surface area contributed by atoms with Gasteiger partial charge >= 0.3 is 0 Å². The molecule has 0 saturated heterocycles. The minimum absolute atomic E-state index is 0.296. The van der Waals surface area contributed by atoms with Gasteiger partial charge < -0.3 is 9.47 Å². The first-order chi connectivity index (χ1) is 11.5. The number of aryl methyl sites for hydroxylation is 1. The van der Waals surface area contributed by atoms with Crippen LogP contribution in [0.5, 0.6) is 5.75 Å². The second-order valence-corrected chi connectivity index (χ2v) is 6.15. The molecule has 0 heterocycles. The molecule has 0 N–H and O–H groups in total. The van der Waals surface area contributed by atoms with Crippen molar-refractivity contribution in [1.29, 1.82) is 0 Å². The zero-order chi connectivity index (χ0) is 19.1. The molecule has 140 valence electrons. The summed E-state index contributed by atoms with van der Waals surface area (Å²) in [7, 11) is 1.67. The summed E-state index contributed by atoms with van der Waals surface area (Å²) in [6.07, 6.45) is 1.93. The Morgan fingerprint density at radius 1 is 1.08 bits per heavy atom. The fourth-order valence-electron chi connectivity index (χ4n) is 1.61. The first-order valence-electron chi connectivity index (χ1n) is 8.90. The van der Waals surface area contributed by atoms with Crippen LogP contribution < -0.4 is 4.74 Å². The van der Waals surface area contributed by atoms with Crippen LogP contribution in [0.15, 0.2) is 21.6 Å². The lowest BCUT2D eigenvalue weighted by atomic mass is 10.1. The smallest absolute Gasteiger partial charge is 0.129 e. The second kappa shape index (κ2) is 15.6. The van der Waals surface area contributed by atoms with Gasteiger partial charge in [-0.15, -0.1) is 0 Å². The molecule has 3 nitrogen and oxygen atoms in total. The largest absolute Gasteiger partial charge is 0.490 e. The number of hydrogen-bond donors (Lipinski definition) is 0. The monoisotopic (exact) mass is 401 g/mol. The van der Waals surface area contributed by atoms with E-state index in [2.05, 4.69) is 54.7 Å². The molecule has 0 saturated carbocycles. The molecule has 1 aromatic rings. The van der Waals surface area contributed by atoms with Gasteiger partial charge in [-0.05, 0) is 37.5 Å². The molecule has 1 unspecified atom stereocenters. The maximum absolute atomic E-state index is 5.79. The summed E-state index contributed by atoms with van der Waals surface area (Å²) < 4.78 is 11.8. The Morgan fingerprint density at radius 3 is 2.17 bits per heavy atom. The van der Waals surface area contributed by atoms with Gasteiger partial charge in [-0.1, -0.05) is 57.5 Å². The van der Waals surface area contributed by atoms with Crippen LogP contribution in [0, 0.1) is 12.8 Å². The SMILES string of the molecule is CC.CC.COCCOc1cc(Br)cc(C)c1C=NC(C)C(C)C. The van der Waals surface area contributed by atoms with E-state index in [0.717, 1.165) is 21.3 Å². The minimum Gasteiger partial charge on any atom is -0.490 e. The lowest BCUT2D eigenvalue weighted by Crippen LogP contribution is -2.09. The van der Waals surface area contributed by atoms with E-state index in [1.165, 1.54) is 0 Å². The molecule has 0 amide bonds. The Kier molecular flexibility index (Phi) is 16.5. The van der Waals surface area contributed by atoms with Crippen LogP contribution in [0.3, 0.4) is 0 Å². The molecule has 4 heteroatoms. The highest BCUT2D eigenvalue weighted by molar-refractivity contribution is 9.10. The van der Waals surface area contributed by atoms with Gasteiger partial charge in [-0.2, -0.15) is 0 Å². The maximum atomic E-state index is 5.79. The van der Waals surface area contributed by atoms with Crippen LogP contribution in [0.4, 0.5) is 0 Å². The molecule has 24 heavy (non-hydrogen) atoms. The quantitative estimate of drug-likeness (QED) is 0.396. The van der Waals surface area contributed by atoms with E-state index in [9.17, 15) is 0 Å². The number of hydrogen-bond acceptors (Lipinski definition) is 3. The first kappa shape index (κ1) is 25.4. The van der Waals surface area contributed by atoms with E-state index in [-0.39, 0.29) is 0 Å². The molecule has 0 radical (unpaired) electrons. The molecule has 1 rings (SSSR count). The second-order valence-electron chi connectivity index (χ2n) is 5.24. The highest BCUT2D eigenvalue weighted by atomic mass is 79.9. The summed E-state index contributed by atoms with van der Waals surface area (Å²) >= 11 is 3.50. The van der Waals surface area contributed by atoms with Gasteiger partial charge in [-0.25, -0.2) is 0 Å². The van der Waals surface area contributed by atoms with E-state index in [1.54, 1.807) is 7.11 Å². The average Bonchev–Trinajstić information content (AvgIpc) is 2.57. The summed E-state index contributed by atoms with van der Waals surface area (Å²) in [5.41, 5.74) is 2.18. The Hall–Kier alpha value is -0.870. The summed E-state index contributed by atoms with van der Waals surface area (Å²) in [6, 6.07) is 4.35. The van der Waals surface area contributed by atoms with E-state index < -0.39 is 0 Å². The molecular weight excluding hydrogens is 366 g/mol. The molecule has 0 aliphatic carbocycles. The van der Waals surface area contributed by atoms with E-state index in [4.69, 9.17) is 9.47 Å². The van der Waals surface area contributed by atoms with Crippen LogP contribution in [0.2, 0.25) is 0 Å². The maximum Gasteiger partial charge on any atom is 0.129 e. The molecule has 1 atom stereocenters. The Bertz CT molecular complexity index is 459. The third kappa shape index (κ3) is 10.1. The molecule has 0 fully saturated rings. The van der Waals surface area contributed by atoms with Crippen LogP contribution in [-0.4, -0.2) is 32.6 Å². The van der Waals surface area contributed by atoms with Crippen molar-refractivity contribution in [3.8, 4) is 5.75 Å². The van der Waals surface area contributed by atoms with Crippen molar-refractivity contribution in [3.05, 3.63) is 27.7 Å². The van der Waals surface area contributed by atoms with Gasteiger partial charge in [0, 0.05) is 29.4 Å². The highest BCUT2D eigenvalue weighted by Crippen LogP contribution is 2.26. The normalized spacial score (nSPS) is 11.5. The number of benzene rings is 1. The standard InChI is InChI=1S/C16H24BrNO2.2C2H6/c1-11(2)13(4)18-10-15-12(3)8-14(17)9-16(15)20-7-6-19-5;2*1-2/h8-11,13H,6-7H2,1-5H3;2*1-2H3. The van der Waals surface area contributed by atoms with Crippen molar-refractivity contribution in [1.82, 2.24) is 0 Å². The number of methoxy groups -OCH3 is 1. The highest BCUT2D eigenvalue weighted by Gasteiger charge is 2.09. The topological polar surface area (TPSA) is 30.8 Å². The summed E-state index contributed by atoms with van der Waals surface area (Å²) in [5.74, 6) is 1.37. The molecule has 0 aliphatic heterocycles. The van der Waals surface area contributed by atoms with E-state index in [1.807, 2.05) is 40.0 Å². The molecule has 0 aromatic heterocycles. The predicted molar refractivity (Wildman–Crippen MR) is 111 cm³/mol. The van der Waals surface area contributed by atoms with Crippen LogP contribution in [0.1, 0.15) is 59.6 Å². The third-order valence-corrected chi connectivity index (χ3v) is 3.72. The van der Waals surface area contributed by atoms with Gasteiger partial charge in [0.05, 0.1) is 6.61 Å². The number of rotatable bonds is 7. The van der Waals surface area contributed by atoms with Crippen molar-refractivity contribution in [2.75, 3.05) is 20.3 Å². The van der Waals surface area contributed by atoms with Gasteiger partial charge in [0.15, 0.2) is 0 Å². The number of nitrogens with zero attached hydrogens (tertiary/aromatic N) is 1. The molecule has 0 bridgehead atoms. The third-order valence-electron chi connectivity index (χ3n) is 3.26. The predicted octanol–water partition coefficient (Wildman–Crippen LogP) is 6.30. The minimum atomic E-state index is 0.296. The molecule has 0 spiro atoms. The van der Waals surface area contributed by atoms with Gasteiger partial charge in [-0.3, -0.25) is 4.99 Å². The van der Waals surface area contributed by atoms with Crippen molar-refractivity contribution < 1.29 is 9.47 Å². The van der Waals surface area contributed by atoms with Crippen LogP contribution >= 0.6 is 15.9 Å². The van der Waals surface area contributed by atoms with Gasteiger partial charge in [0.2, 0.25) is 0 Å². The summed E-state index contributed by atoms with van der Waals surface area (Å²) in [5, 5.41) is 0. The fourth-order valence-corrected chi connectivity index (χ4v) is 2.16. The van der Waals surface area contributed by atoms with Crippen LogP contribution in [0.25, 0.3) is 0 Å². The Labute approximate surface area is 158 Å². The number of aliphatic imine (C=N–C) groups is 1. The summed E-state index contributed by atoms with van der Waals surface area (Å²) in [4.78, 5) is 4.62. The van der Waals surface area contributed by atoms with Crippen molar-refractivity contribution in [2.45, 2.75) is 61.4 Å². The average molecular weight is 402 g/mol. The molecule has 1 aromatic carbocycles. The van der Waals surface area contributed by atoms with E-state index in [0.29, 0.717) is 25.2 Å². The summed E-state index contributed by atoms with van der Waals surface area (Å²) in [6.45, 7) is 17.6. The lowest BCUT2D eigenvalue weighted by molar-refractivity contribution is 0.146. The number of ether oxygens (including phenoxy) is 2. The van der Waals surface area contributed by atoms with E-state index >= 15 is 0 Å².